The molecule has 1 aromatic carbocycles. The molecule has 1 N–H and O–H groups in total. The van der Waals surface area contributed by atoms with Crippen LogP contribution in [0.15, 0.2) is 71.5 Å². The van der Waals surface area contributed by atoms with E-state index in [0.29, 0.717) is 22.7 Å². The highest BCUT2D eigenvalue weighted by molar-refractivity contribution is 6.05. The quantitative estimate of drug-likeness (QED) is 0.611. The second-order valence-corrected chi connectivity index (χ2v) is 5.55. The van der Waals surface area contributed by atoms with Crippen molar-refractivity contribution in [2.75, 3.05) is 5.32 Å². The largest absolute Gasteiger partial charge is 0.463 e. The number of pyridine rings is 1. The van der Waals surface area contributed by atoms with Gasteiger partial charge in [-0.05, 0) is 18.2 Å². The molecule has 0 saturated carbocycles. The number of fused-ring (bicyclic) bond motifs is 1. The second-order valence-electron chi connectivity index (χ2n) is 5.55. The van der Waals surface area contributed by atoms with Crippen molar-refractivity contribution in [1.29, 1.82) is 0 Å². The van der Waals surface area contributed by atoms with Crippen LogP contribution in [0.1, 0.15) is 16.1 Å². The third kappa shape index (κ3) is 2.89. The van der Waals surface area contributed by atoms with E-state index in [4.69, 9.17) is 4.42 Å². The van der Waals surface area contributed by atoms with E-state index >= 15 is 0 Å². The van der Waals surface area contributed by atoms with Gasteiger partial charge in [0, 0.05) is 23.9 Å². The van der Waals surface area contributed by atoms with E-state index in [-0.39, 0.29) is 18.3 Å². The molecule has 0 spiro atoms. The average molecular weight is 335 g/mol. The van der Waals surface area contributed by atoms with Gasteiger partial charge in [-0.25, -0.2) is 9.37 Å². The summed E-state index contributed by atoms with van der Waals surface area (Å²) in [5, 5.41) is 2.74. The van der Waals surface area contributed by atoms with Gasteiger partial charge in [-0.1, -0.05) is 24.3 Å². The number of amides is 1. The maximum Gasteiger partial charge on any atom is 0.273 e. The van der Waals surface area contributed by atoms with Crippen molar-refractivity contribution in [3.63, 3.8) is 0 Å². The van der Waals surface area contributed by atoms with Crippen LogP contribution in [0.5, 0.6) is 0 Å². The van der Waals surface area contributed by atoms with Crippen LogP contribution in [0.25, 0.3) is 11.1 Å². The fourth-order valence-electron chi connectivity index (χ4n) is 2.75. The molecule has 25 heavy (non-hydrogen) atoms. The van der Waals surface area contributed by atoms with Gasteiger partial charge in [-0.3, -0.25) is 4.79 Å². The van der Waals surface area contributed by atoms with Gasteiger partial charge in [0.15, 0.2) is 5.58 Å². The van der Waals surface area contributed by atoms with Crippen LogP contribution in [0.4, 0.5) is 10.2 Å². The molecule has 6 heteroatoms. The number of hydrogen-bond donors (Lipinski definition) is 1. The molecule has 3 aromatic heterocycles. The van der Waals surface area contributed by atoms with Gasteiger partial charge < -0.3 is 14.3 Å². The molecule has 124 valence electrons. The molecule has 1 amide bonds. The van der Waals surface area contributed by atoms with Crippen molar-refractivity contribution < 1.29 is 13.6 Å². The van der Waals surface area contributed by atoms with Crippen molar-refractivity contribution in [2.24, 2.45) is 0 Å². The number of nitrogens with zero attached hydrogens (tertiary/aromatic N) is 2. The van der Waals surface area contributed by atoms with E-state index in [0.717, 1.165) is 5.52 Å². The zero-order valence-corrected chi connectivity index (χ0v) is 13.1. The van der Waals surface area contributed by atoms with Crippen LogP contribution >= 0.6 is 0 Å². The van der Waals surface area contributed by atoms with Gasteiger partial charge in [0.2, 0.25) is 0 Å². The highest BCUT2D eigenvalue weighted by Gasteiger charge is 2.19. The number of carbonyl (C=O) groups is 1. The van der Waals surface area contributed by atoms with Crippen molar-refractivity contribution in [3.05, 3.63) is 84.1 Å². The average Bonchev–Trinajstić information content (AvgIpc) is 3.20. The first-order valence-corrected chi connectivity index (χ1v) is 7.75. The van der Waals surface area contributed by atoms with Crippen LogP contribution < -0.4 is 5.32 Å². The monoisotopic (exact) mass is 335 g/mol. The summed E-state index contributed by atoms with van der Waals surface area (Å²) in [5.74, 6) is -0.201. The van der Waals surface area contributed by atoms with E-state index in [1.807, 2.05) is 0 Å². The molecular formula is C19H14FN3O2. The number of furan rings is 1. The molecular weight excluding hydrogens is 321 g/mol. The molecule has 3 heterocycles. The number of hydrogen-bond acceptors (Lipinski definition) is 3. The molecule has 0 saturated heterocycles. The zero-order valence-electron chi connectivity index (χ0n) is 13.1. The normalized spacial score (nSPS) is 10.9. The third-order valence-electron chi connectivity index (χ3n) is 3.95. The Morgan fingerprint density at radius 1 is 1.16 bits per heavy atom. The van der Waals surface area contributed by atoms with Gasteiger partial charge in [0.25, 0.3) is 5.91 Å². The first kappa shape index (κ1) is 15.1. The van der Waals surface area contributed by atoms with Crippen molar-refractivity contribution in [3.8, 4) is 0 Å². The Kier molecular flexibility index (Phi) is 3.78. The highest BCUT2D eigenvalue weighted by Crippen LogP contribution is 2.24. The molecule has 4 rings (SSSR count). The Hall–Kier alpha value is -3.41. The first-order chi connectivity index (χ1) is 12.2. The van der Waals surface area contributed by atoms with Crippen LogP contribution in [-0.4, -0.2) is 15.5 Å². The van der Waals surface area contributed by atoms with Crippen LogP contribution in [0.2, 0.25) is 0 Å². The minimum atomic E-state index is -0.332. The summed E-state index contributed by atoms with van der Waals surface area (Å²) in [6.07, 6.45) is 3.14. The number of nitrogens with one attached hydrogen (secondary N) is 1. The molecule has 4 aromatic rings. The summed E-state index contributed by atoms with van der Waals surface area (Å²) >= 11 is 0. The summed E-state index contributed by atoms with van der Waals surface area (Å²) in [7, 11) is 0. The standard InChI is InChI=1S/C19H14FN3O2/c20-14-6-2-1-5-13(14)12-23-15-8-10-25-17(15)11-16(23)19(24)22-18-7-3-4-9-21-18/h1-11H,12H2,(H,21,22,24). The van der Waals surface area contributed by atoms with Gasteiger partial charge in [-0.15, -0.1) is 0 Å². The topological polar surface area (TPSA) is 60.1 Å². The van der Waals surface area contributed by atoms with Crippen LogP contribution in [0.3, 0.4) is 0 Å². The SMILES string of the molecule is O=C(Nc1ccccn1)c1cc2occc2n1Cc1ccccc1F. The number of halogens is 1. The summed E-state index contributed by atoms with van der Waals surface area (Å²) in [4.78, 5) is 16.8. The van der Waals surface area contributed by atoms with Crippen molar-refractivity contribution >= 4 is 22.8 Å². The second kappa shape index (κ2) is 6.24. The Balaban J connectivity index is 1.73. The summed E-state index contributed by atoms with van der Waals surface area (Å²) in [6.45, 7) is 0.223. The number of carbonyl (C=O) groups excluding carboxylic acids is 1. The Morgan fingerprint density at radius 2 is 2.00 bits per heavy atom. The number of aromatic nitrogens is 2. The molecule has 0 aliphatic carbocycles. The van der Waals surface area contributed by atoms with E-state index in [1.165, 1.54) is 6.07 Å². The van der Waals surface area contributed by atoms with Gasteiger partial charge in [-0.2, -0.15) is 0 Å². The van der Waals surface area contributed by atoms with Crippen molar-refractivity contribution in [1.82, 2.24) is 9.55 Å². The fraction of sp³-hybridized carbons (Fsp3) is 0.0526. The lowest BCUT2D eigenvalue weighted by molar-refractivity contribution is 0.101. The number of anilines is 1. The lowest BCUT2D eigenvalue weighted by Crippen LogP contribution is -2.18. The lowest BCUT2D eigenvalue weighted by atomic mass is 10.2. The minimum absolute atomic E-state index is 0.223. The van der Waals surface area contributed by atoms with E-state index in [9.17, 15) is 9.18 Å². The summed E-state index contributed by atoms with van der Waals surface area (Å²) < 4.78 is 21.2. The molecule has 0 fully saturated rings. The molecule has 0 atom stereocenters. The third-order valence-corrected chi connectivity index (χ3v) is 3.95. The number of benzene rings is 1. The zero-order chi connectivity index (χ0) is 17.2. The fourth-order valence-corrected chi connectivity index (χ4v) is 2.75. The van der Waals surface area contributed by atoms with E-state index < -0.39 is 0 Å². The molecule has 0 aliphatic heterocycles. The summed E-state index contributed by atoms with van der Waals surface area (Å²) in [6, 6.07) is 15.2. The highest BCUT2D eigenvalue weighted by atomic mass is 19.1. The predicted molar refractivity (Wildman–Crippen MR) is 91.9 cm³/mol. The van der Waals surface area contributed by atoms with E-state index in [1.54, 1.807) is 65.6 Å². The summed E-state index contributed by atoms with van der Waals surface area (Å²) in [5.41, 5.74) is 2.17. The Morgan fingerprint density at radius 3 is 2.80 bits per heavy atom. The minimum Gasteiger partial charge on any atom is -0.463 e. The van der Waals surface area contributed by atoms with Crippen molar-refractivity contribution in [2.45, 2.75) is 6.54 Å². The Labute approximate surface area is 142 Å². The Bertz CT molecular complexity index is 1040. The molecule has 0 bridgehead atoms. The molecule has 0 aliphatic rings. The number of rotatable bonds is 4. The lowest BCUT2D eigenvalue weighted by Gasteiger charge is -2.11. The first-order valence-electron chi connectivity index (χ1n) is 7.75. The van der Waals surface area contributed by atoms with Gasteiger partial charge in [0.05, 0.1) is 18.3 Å². The van der Waals surface area contributed by atoms with Gasteiger partial charge in [0.1, 0.15) is 17.3 Å². The maximum absolute atomic E-state index is 14.0. The maximum atomic E-state index is 14.0. The van der Waals surface area contributed by atoms with Crippen LogP contribution in [-0.2, 0) is 6.54 Å². The molecule has 0 unspecified atom stereocenters. The smallest absolute Gasteiger partial charge is 0.273 e. The van der Waals surface area contributed by atoms with Gasteiger partial charge >= 0.3 is 0 Å². The molecule has 0 radical (unpaired) electrons. The van der Waals surface area contributed by atoms with E-state index in [2.05, 4.69) is 10.3 Å². The predicted octanol–water partition coefficient (Wildman–Crippen LogP) is 4.07. The molecule has 5 nitrogen and oxygen atoms in total. The van der Waals surface area contributed by atoms with Crippen LogP contribution in [0, 0.1) is 5.82 Å².